The monoisotopic (exact) mass is 538 g/mol. The van der Waals surface area contributed by atoms with E-state index in [0.29, 0.717) is 50.3 Å². The lowest BCUT2D eigenvalue weighted by Gasteiger charge is -2.40. The van der Waals surface area contributed by atoms with Gasteiger partial charge in [-0.2, -0.15) is 5.10 Å². The maximum atomic E-state index is 13.3. The lowest BCUT2D eigenvalue weighted by atomic mass is 10.00. The van der Waals surface area contributed by atoms with Crippen LogP contribution in [-0.4, -0.2) is 62.5 Å². The number of ether oxygens (including phenoxy) is 1. The van der Waals surface area contributed by atoms with Crippen molar-refractivity contribution >= 4 is 35.0 Å². The molecule has 1 unspecified atom stereocenters. The van der Waals surface area contributed by atoms with Gasteiger partial charge in [-0.3, -0.25) is 14.9 Å². The van der Waals surface area contributed by atoms with Gasteiger partial charge in [-0.25, -0.2) is 9.59 Å². The highest BCUT2D eigenvalue weighted by atomic mass is 16.6. The Morgan fingerprint density at radius 3 is 2.73 bits per heavy atom. The second kappa shape index (κ2) is 10.8. The standard InChI is InChI=1S/C30H30N6O4/c1-19-14-20(15-23-26(18-37)33-34-28(19)23)16-27(25-8-4-5-11-31-25)40-30(39)35-12-9-22(10-13-35)36-17-21-6-2-3-7-24(21)32-29(36)38/h2-8,11,14-15,18,22,27H,9-10,12-13,16-17H2,1H3,(H,32,38)(H,33,34). The van der Waals surface area contributed by atoms with Crippen molar-refractivity contribution in [2.45, 2.75) is 44.9 Å². The van der Waals surface area contributed by atoms with Crippen molar-refractivity contribution in [2.24, 2.45) is 0 Å². The first-order valence-corrected chi connectivity index (χ1v) is 13.4. The molecule has 3 amide bonds. The molecule has 1 atom stereocenters. The van der Waals surface area contributed by atoms with Gasteiger partial charge < -0.3 is 19.9 Å². The molecule has 0 bridgehead atoms. The van der Waals surface area contributed by atoms with Crippen LogP contribution in [0.25, 0.3) is 10.9 Å². The number of hydrogen-bond acceptors (Lipinski definition) is 6. The highest BCUT2D eigenvalue weighted by Crippen LogP contribution is 2.30. The molecule has 4 aromatic rings. The lowest BCUT2D eigenvalue weighted by molar-refractivity contribution is 0.0463. The second-order valence-corrected chi connectivity index (χ2v) is 10.3. The molecule has 10 nitrogen and oxygen atoms in total. The molecular weight excluding hydrogens is 508 g/mol. The normalized spacial score (nSPS) is 16.4. The number of aromatic amines is 1. The van der Waals surface area contributed by atoms with Gasteiger partial charge in [-0.15, -0.1) is 0 Å². The van der Waals surface area contributed by atoms with E-state index in [0.717, 1.165) is 39.6 Å². The molecule has 40 heavy (non-hydrogen) atoms. The van der Waals surface area contributed by atoms with Crippen molar-refractivity contribution < 1.29 is 19.1 Å². The molecule has 10 heteroatoms. The molecule has 0 radical (unpaired) electrons. The van der Waals surface area contributed by atoms with Crippen molar-refractivity contribution in [3.8, 4) is 0 Å². The molecule has 1 fully saturated rings. The van der Waals surface area contributed by atoms with Gasteiger partial charge in [0.05, 0.1) is 11.2 Å². The summed E-state index contributed by atoms with van der Waals surface area (Å²) in [6.45, 7) is 3.48. The number of amides is 3. The van der Waals surface area contributed by atoms with E-state index in [1.165, 1.54) is 0 Å². The molecule has 0 aliphatic carbocycles. The Hall–Kier alpha value is -4.73. The molecule has 1 saturated heterocycles. The van der Waals surface area contributed by atoms with E-state index in [4.69, 9.17) is 4.74 Å². The van der Waals surface area contributed by atoms with Gasteiger partial charge in [-0.05, 0) is 60.7 Å². The predicted octanol–water partition coefficient (Wildman–Crippen LogP) is 5.01. The van der Waals surface area contributed by atoms with Crippen LogP contribution in [0.3, 0.4) is 0 Å². The number of carbonyl (C=O) groups is 3. The number of rotatable bonds is 6. The zero-order valence-corrected chi connectivity index (χ0v) is 22.2. The maximum absolute atomic E-state index is 13.3. The molecular formula is C30H30N6O4. The fourth-order valence-electron chi connectivity index (χ4n) is 5.65. The summed E-state index contributed by atoms with van der Waals surface area (Å²) in [7, 11) is 0. The number of H-pyrrole nitrogens is 1. The van der Waals surface area contributed by atoms with Gasteiger partial charge in [-0.1, -0.05) is 30.3 Å². The number of nitrogens with zero attached hydrogens (tertiary/aromatic N) is 4. The molecule has 204 valence electrons. The Morgan fingerprint density at radius 2 is 1.95 bits per heavy atom. The van der Waals surface area contributed by atoms with Crippen molar-refractivity contribution in [1.29, 1.82) is 0 Å². The van der Waals surface area contributed by atoms with Crippen molar-refractivity contribution in [1.82, 2.24) is 25.0 Å². The fourth-order valence-corrected chi connectivity index (χ4v) is 5.65. The number of aromatic nitrogens is 3. The predicted molar refractivity (Wildman–Crippen MR) is 149 cm³/mol. The Bertz CT molecular complexity index is 1560. The first-order valence-electron chi connectivity index (χ1n) is 13.4. The molecule has 0 saturated carbocycles. The van der Waals surface area contributed by atoms with Gasteiger partial charge in [0, 0.05) is 49.4 Å². The van der Waals surface area contributed by atoms with Crippen molar-refractivity contribution in [3.05, 3.63) is 88.9 Å². The molecule has 0 spiro atoms. The molecule has 2 aliphatic heterocycles. The van der Waals surface area contributed by atoms with Crippen molar-refractivity contribution in [3.63, 3.8) is 0 Å². The number of hydrogen-bond donors (Lipinski definition) is 2. The number of carbonyl (C=O) groups excluding carboxylic acids is 3. The first kappa shape index (κ1) is 25.5. The van der Waals surface area contributed by atoms with E-state index < -0.39 is 12.2 Å². The van der Waals surface area contributed by atoms with E-state index >= 15 is 0 Å². The third-order valence-electron chi connectivity index (χ3n) is 7.76. The number of nitrogens with one attached hydrogen (secondary N) is 2. The molecule has 4 heterocycles. The summed E-state index contributed by atoms with van der Waals surface area (Å²) < 4.78 is 6.06. The van der Waals surface area contributed by atoms with Gasteiger partial charge in [0.25, 0.3) is 0 Å². The number of fused-ring (bicyclic) bond motifs is 2. The number of anilines is 1. The number of benzene rings is 2. The van der Waals surface area contributed by atoms with E-state index in [1.54, 1.807) is 11.1 Å². The number of likely N-dealkylation sites (tertiary alicyclic amines) is 1. The van der Waals surface area contributed by atoms with Crippen LogP contribution < -0.4 is 5.32 Å². The van der Waals surface area contributed by atoms with E-state index in [2.05, 4.69) is 20.5 Å². The Morgan fingerprint density at radius 1 is 1.15 bits per heavy atom. The van der Waals surface area contributed by atoms with Gasteiger partial charge in [0.2, 0.25) is 0 Å². The fraction of sp³-hybridized carbons (Fsp3) is 0.300. The molecule has 6 rings (SSSR count). The highest BCUT2D eigenvalue weighted by molar-refractivity contribution is 5.96. The molecule has 2 aliphatic rings. The van der Waals surface area contributed by atoms with Crippen LogP contribution in [0.15, 0.2) is 60.8 Å². The minimum Gasteiger partial charge on any atom is -0.439 e. The van der Waals surface area contributed by atoms with Crippen LogP contribution in [0.4, 0.5) is 15.3 Å². The SMILES string of the molecule is Cc1cc(CC(OC(=O)N2CCC(N3Cc4ccccc4NC3=O)CC2)c2ccccn2)cc2c(C=O)[nH]nc12. The summed E-state index contributed by atoms with van der Waals surface area (Å²) in [5.74, 6) is 0. The highest BCUT2D eigenvalue weighted by Gasteiger charge is 2.34. The van der Waals surface area contributed by atoms with E-state index in [9.17, 15) is 14.4 Å². The number of aryl methyl sites for hydroxylation is 1. The Balaban J connectivity index is 1.14. The first-order chi connectivity index (χ1) is 19.5. The summed E-state index contributed by atoms with van der Waals surface area (Å²) in [4.78, 5) is 45.6. The smallest absolute Gasteiger partial charge is 0.410 e. The summed E-state index contributed by atoms with van der Waals surface area (Å²) in [5, 5.41) is 10.7. The lowest BCUT2D eigenvalue weighted by Crippen LogP contribution is -2.51. The zero-order chi connectivity index (χ0) is 27.6. The van der Waals surface area contributed by atoms with Crippen LogP contribution in [0.2, 0.25) is 0 Å². The third kappa shape index (κ3) is 5.00. The van der Waals surface area contributed by atoms with Gasteiger partial charge >= 0.3 is 12.1 Å². The van der Waals surface area contributed by atoms with Crippen LogP contribution in [-0.2, 0) is 17.7 Å². The van der Waals surface area contributed by atoms with Gasteiger partial charge in [0.1, 0.15) is 11.8 Å². The Kier molecular flexibility index (Phi) is 6.90. The number of urea groups is 1. The van der Waals surface area contributed by atoms with E-state index in [1.807, 2.05) is 66.4 Å². The molecule has 2 aromatic carbocycles. The minimum absolute atomic E-state index is 0.0423. The topological polar surface area (TPSA) is 121 Å². The third-order valence-corrected chi connectivity index (χ3v) is 7.76. The Labute approximate surface area is 231 Å². The zero-order valence-electron chi connectivity index (χ0n) is 22.2. The molecule has 2 aromatic heterocycles. The summed E-state index contributed by atoms with van der Waals surface area (Å²) in [5.41, 5.74) is 5.59. The summed E-state index contributed by atoms with van der Waals surface area (Å²) >= 11 is 0. The quantitative estimate of drug-likeness (QED) is 0.333. The number of piperidine rings is 1. The van der Waals surface area contributed by atoms with Crippen molar-refractivity contribution in [2.75, 3.05) is 18.4 Å². The van der Waals surface area contributed by atoms with Crippen LogP contribution in [0.1, 0.15) is 51.8 Å². The maximum Gasteiger partial charge on any atom is 0.410 e. The second-order valence-electron chi connectivity index (χ2n) is 10.3. The number of pyridine rings is 1. The summed E-state index contributed by atoms with van der Waals surface area (Å²) in [6, 6.07) is 17.2. The number of para-hydroxylation sites is 1. The number of aldehydes is 1. The largest absolute Gasteiger partial charge is 0.439 e. The molecule has 2 N–H and O–H groups in total. The van der Waals surface area contributed by atoms with Crippen LogP contribution in [0, 0.1) is 6.92 Å². The average molecular weight is 539 g/mol. The minimum atomic E-state index is -0.612. The van der Waals surface area contributed by atoms with Crippen LogP contribution in [0.5, 0.6) is 0 Å². The summed E-state index contributed by atoms with van der Waals surface area (Å²) in [6.07, 6.45) is 3.15. The van der Waals surface area contributed by atoms with Gasteiger partial charge in [0.15, 0.2) is 6.29 Å². The van der Waals surface area contributed by atoms with E-state index in [-0.39, 0.29) is 12.1 Å². The van der Waals surface area contributed by atoms with Crippen LogP contribution >= 0.6 is 0 Å². The average Bonchev–Trinajstić information content (AvgIpc) is 3.40.